The van der Waals surface area contributed by atoms with E-state index < -0.39 is 10.0 Å². The van der Waals surface area contributed by atoms with Gasteiger partial charge in [-0.25, -0.2) is 17.7 Å². The molecule has 1 N–H and O–H groups in total. The van der Waals surface area contributed by atoms with Gasteiger partial charge < -0.3 is 9.88 Å². The normalized spacial score (nSPS) is 11.9. The number of unbranched alkanes of at least 4 members (excludes halogenated alkanes) is 1. The van der Waals surface area contributed by atoms with E-state index in [0.717, 1.165) is 42.8 Å². The third-order valence-electron chi connectivity index (χ3n) is 5.51. The van der Waals surface area contributed by atoms with Crippen LogP contribution in [0, 0.1) is 0 Å². The first-order chi connectivity index (χ1) is 15.3. The van der Waals surface area contributed by atoms with Gasteiger partial charge in [-0.15, -0.1) is 0 Å². The van der Waals surface area contributed by atoms with Crippen molar-refractivity contribution in [3.8, 4) is 0 Å². The number of carbonyl (C=O) groups excluding carboxylic acids is 1. The highest BCUT2D eigenvalue weighted by atomic mass is 32.2. The third kappa shape index (κ3) is 5.37. The van der Waals surface area contributed by atoms with E-state index in [-0.39, 0.29) is 10.8 Å². The van der Waals surface area contributed by atoms with Crippen LogP contribution in [-0.2, 0) is 34.2 Å². The maximum absolute atomic E-state index is 12.6. The number of aromatic nitrogens is 2. The summed E-state index contributed by atoms with van der Waals surface area (Å²) in [5.74, 6) is 0.730. The van der Waals surface area contributed by atoms with Crippen LogP contribution in [0.4, 0.5) is 5.69 Å². The van der Waals surface area contributed by atoms with Crippen molar-refractivity contribution in [3.63, 3.8) is 0 Å². The Labute approximate surface area is 190 Å². The molecule has 7 nitrogen and oxygen atoms in total. The quantitative estimate of drug-likeness (QED) is 0.495. The number of hydrogen-bond donors (Lipinski definition) is 1. The van der Waals surface area contributed by atoms with E-state index in [1.54, 1.807) is 12.1 Å². The topological polar surface area (TPSA) is 84.3 Å². The lowest BCUT2D eigenvalue weighted by Crippen LogP contribution is -2.22. The number of sulfonamides is 1. The molecule has 0 radical (unpaired) electrons. The molecule has 3 aromatic rings. The van der Waals surface area contributed by atoms with Gasteiger partial charge in [0.2, 0.25) is 15.9 Å². The predicted octanol–water partition coefficient (Wildman–Crippen LogP) is 4.22. The van der Waals surface area contributed by atoms with E-state index in [1.807, 2.05) is 30.3 Å². The van der Waals surface area contributed by atoms with Crippen LogP contribution in [0.3, 0.4) is 0 Å². The van der Waals surface area contributed by atoms with Crippen LogP contribution in [0.5, 0.6) is 0 Å². The third-order valence-corrected chi connectivity index (χ3v) is 7.32. The van der Waals surface area contributed by atoms with Gasteiger partial charge in [-0.2, -0.15) is 0 Å². The summed E-state index contributed by atoms with van der Waals surface area (Å²) in [4.78, 5) is 17.5. The van der Waals surface area contributed by atoms with Crippen LogP contribution in [0.15, 0.2) is 47.4 Å². The van der Waals surface area contributed by atoms with E-state index >= 15 is 0 Å². The summed E-state index contributed by atoms with van der Waals surface area (Å²) >= 11 is 0. The van der Waals surface area contributed by atoms with Gasteiger partial charge >= 0.3 is 0 Å². The van der Waals surface area contributed by atoms with Crippen molar-refractivity contribution in [3.05, 3.63) is 53.9 Å². The molecule has 0 unspecified atom stereocenters. The first kappa shape index (κ1) is 23.9. The van der Waals surface area contributed by atoms with E-state index in [9.17, 15) is 13.2 Å². The molecule has 1 amide bonds. The number of fused-ring (bicyclic) bond motifs is 1. The molecule has 32 heavy (non-hydrogen) atoms. The molecular weight excluding hydrogens is 424 g/mol. The van der Waals surface area contributed by atoms with Gasteiger partial charge in [-0.3, -0.25) is 4.79 Å². The van der Waals surface area contributed by atoms with Crippen LogP contribution < -0.4 is 5.32 Å². The minimum Gasteiger partial charge on any atom is -0.328 e. The summed E-state index contributed by atoms with van der Waals surface area (Å²) in [6, 6.07) is 12.9. The molecule has 0 aliphatic heterocycles. The molecule has 3 rings (SSSR count). The monoisotopic (exact) mass is 456 g/mol. The van der Waals surface area contributed by atoms with Crippen molar-refractivity contribution in [2.24, 2.45) is 0 Å². The number of nitrogens with zero attached hydrogens (tertiary/aromatic N) is 3. The molecule has 1 aromatic heterocycles. The van der Waals surface area contributed by atoms with Gasteiger partial charge in [-0.1, -0.05) is 32.4 Å². The van der Waals surface area contributed by atoms with Crippen LogP contribution in [-0.4, -0.2) is 42.3 Å². The van der Waals surface area contributed by atoms with E-state index in [0.29, 0.717) is 18.4 Å². The summed E-state index contributed by atoms with van der Waals surface area (Å²) in [5, 5.41) is 2.96. The summed E-state index contributed by atoms with van der Waals surface area (Å²) < 4.78 is 28.3. The van der Waals surface area contributed by atoms with Crippen LogP contribution in [0.1, 0.15) is 44.5 Å². The number of anilines is 1. The predicted molar refractivity (Wildman–Crippen MR) is 128 cm³/mol. The Morgan fingerprint density at radius 1 is 1.12 bits per heavy atom. The maximum Gasteiger partial charge on any atom is 0.242 e. The fourth-order valence-corrected chi connectivity index (χ4v) is 4.53. The number of imidazole rings is 1. The Kier molecular flexibility index (Phi) is 7.69. The fourth-order valence-electron chi connectivity index (χ4n) is 3.61. The molecule has 0 saturated heterocycles. The van der Waals surface area contributed by atoms with Crippen molar-refractivity contribution < 1.29 is 13.2 Å². The minimum atomic E-state index is -3.54. The number of rotatable bonds is 10. The van der Waals surface area contributed by atoms with Gasteiger partial charge in [0, 0.05) is 39.2 Å². The first-order valence-corrected chi connectivity index (χ1v) is 12.5. The zero-order chi connectivity index (χ0) is 23.3. The molecule has 2 aromatic carbocycles. The molecule has 0 spiro atoms. The van der Waals surface area contributed by atoms with Crippen LogP contribution >= 0.6 is 0 Å². The number of aryl methyl sites for hydroxylation is 3. The van der Waals surface area contributed by atoms with E-state index in [4.69, 9.17) is 4.98 Å². The molecule has 0 saturated carbocycles. The summed E-state index contributed by atoms with van der Waals surface area (Å²) in [5.41, 5.74) is 3.50. The number of amides is 1. The molecule has 0 aliphatic carbocycles. The summed E-state index contributed by atoms with van der Waals surface area (Å²) in [6.45, 7) is 4.98. The first-order valence-electron chi connectivity index (χ1n) is 11.1. The summed E-state index contributed by atoms with van der Waals surface area (Å²) in [7, 11) is -0.508. The molecule has 0 fully saturated rings. The smallest absolute Gasteiger partial charge is 0.242 e. The molecule has 0 atom stereocenters. The number of nitrogens with one attached hydrogen (secondary N) is 1. The largest absolute Gasteiger partial charge is 0.328 e. The molecule has 0 aliphatic rings. The van der Waals surface area contributed by atoms with Gasteiger partial charge in [0.05, 0.1) is 15.9 Å². The highest BCUT2D eigenvalue weighted by molar-refractivity contribution is 7.89. The van der Waals surface area contributed by atoms with Crippen molar-refractivity contribution in [1.29, 1.82) is 0 Å². The SMILES string of the molecule is CCCCn1c(CCC(=O)Nc2cccc(CC)c2)nc2cc(S(=O)(=O)N(C)C)ccc21. The zero-order valence-electron chi connectivity index (χ0n) is 19.3. The highest BCUT2D eigenvalue weighted by Crippen LogP contribution is 2.23. The standard InChI is InChI=1S/C24H32N4O3S/c1-5-7-15-28-22-12-11-20(32(30,31)27(3)4)17-21(22)26-23(28)13-14-24(29)25-19-10-8-9-18(6-2)16-19/h8-12,16-17H,5-7,13-15H2,1-4H3,(H,25,29). The Morgan fingerprint density at radius 2 is 1.91 bits per heavy atom. The molecule has 8 heteroatoms. The molecule has 1 heterocycles. The minimum absolute atomic E-state index is 0.0665. The van der Waals surface area contributed by atoms with Gasteiger partial charge in [0.25, 0.3) is 0 Å². The fraction of sp³-hybridized carbons (Fsp3) is 0.417. The number of hydrogen-bond acceptors (Lipinski definition) is 4. The van der Waals surface area contributed by atoms with Gasteiger partial charge in [0.15, 0.2) is 0 Å². The van der Waals surface area contributed by atoms with Crippen LogP contribution in [0.2, 0.25) is 0 Å². The van der Waals surface area contributed by atoms with Crippen molar-refractivity contribution in [2.75, 3.05) is 19.4 Å². The Hall–Kier alpha value is -2.71. The lowest BCUT2D eigenvalue weighted by atomic mass is 10.1. The average Bonchev–Trinajstić information content (AvgIpc) is 3.12. The lowest BCUT2D eigenvalue weighted by Gasteiger charge is -2.11. The second kappa shape index (κ2) is 10.3. The Balaban J connectivity index is 1.83. The van der Waals surface area contributed by atoms with Gasteiger partial charge in [-0.05, 0) is 48.7 Å². The van der Waals surface area contributed by atoms with Crippen molar-refractivity contribution in [2.45, 2.75) is 57.4 Å². The zero-order valence-corrected chi connectivity index (χ0v) is 20.1. The number of carbonyl (C=O) groups is 1. The van der Waals surface area contributed by atoms with Gasteiger partial charge in [0.1, 0.15) is 5.82 Å². The van der Waals surface area contributed by atoms with Crippen molar-refractivity contribution >= 4 is 32.7 Å². The molecular formula is C24H32N4O3S. The molecule has 172 valence electrons. The second-order valence-electron chi connectivity index (χ2n) is 8.07. The average molecular weight is 457 g/mol. The second-order valence-corrected chi connectivity index (χ2v) is 10.2. The maximum atomic E-state index is 12.6. The Bertz CT molecular complexity index is 1200. The summed E-state index contributed by atoms with van der Waals surface area (Å²) in [6.07, 6.45) is 3.70. The van der Waals surface area contributed by atoms with E-state index in [1.165, 1.54) is 24.0 Å². The Morgan fingerprint density at radius 3 is 2.59 bits per heavy atom. The van der Waals surface area contributed by atoms with E-state index in [2.05, 4.69) is 23.7 Å². The number of benzene rings is 2. The van der Waals surface area contributed by atoms with Crippen LogP contribution in [0.25, 0.3) is 11.0 Å². The highest BCUT2D eigenvalue weighted by Gasteiger charge is 2.20. The molecule has 0 bridgehead atoms. The lowest BCUT2D eigenvalue weighted by molar-refractivity contribution is -0.116. The van der Waals surface area contributed by atoms with Crippen molar-refractivity contribution in [1.82, 2.24) is 13.9 Å².